The minimum atomic E-state index is -0.881. The van der Waals surface area contributed by atoms with E-state index in [0.717, 1.165) is 6.07 Å². The van der Waals surface area contributed by atoms with Gasteiger partial charge in [0.05, 0.1) is 21.1 Å². The monoisotopic (exact) mass is 388 g/mol. The highest BCUT2D eigenvalue weighted by atomic mass is 35.5. The highest BCUT2D eigenvalue weighted by Crippen LogP contribution is 2.25. The Morgan fingerprint density at radius 1 is 1.30 bits per heavy atom. The van der Waals surface area contributed by atoms with E-state index in [9.17, 15) is 19.7 Å². The van der Waals surface area contributed by atoms with E-state index in [1.807, 2.05) is 6.07 Å². The lowest BCUT2D eigenvalue weighted by Crippen LogP contribution is -2.21. The van der Waals surface area contributed by atoms with Gasteiger partial charge in [-0.3, -0.25) is 14.9 Å². The van der Waals surface area contributed by atoms with Crippen molar-refractivity contribution in [1.29, 1.82) is 5.26 Å². The smallest absolute Gasteiger partial charge is 0.338 e. The van der Waals surface area contributed by atoms with Crippen molar-refractivity contribution < 1.29 is 19.2 Å². The topological polar surface area (TPSA) is 134 Å². The minimum Gasteiger partial charge on any atom is -0.452 e. The zero-order chi connectivity index (χ0) is 20.0. The van der Waals surface area contributed by atoms with Crippen molar-refractivity contribution in [3.05, 3.63) is 62.7 Å². The number of hydrogen-bond acceptors (Lipinski definition) is 7. The number of benzene rings is 2. The van der Waals surface area contributed by atoms with Gasteiger partial charge in [-0.05, 0) is 30.3 Å². The van der Waals surface area contributed by atoms with Crippen molar-refractivity contribution in [1.82, 2.24) is 0 Å². The number of nitrogens with one attached hydrogen (secondary N) is 2. The van der Waals surface area contributed by atoms with E-state index in [-0.39, 0.29) is 27.5 Å². The van der Waals surface area contributed by atoms with E-state index in [1.165, 1.54) is 37.4 Å². The van der Waals surface area contributed by atoms with Gasteiger partial charge in [0.2, 0.25) is 0 Å². The number of anilines is 2. The quantitative estimate of drug-likeness (QED) is 0.441. The van der Waals surface area contributed by atoms with E-state index in [4.69, 9.17) is 21.6 Å². The van der Waals surface area contributed by atoms with Gasteiger partial charge in [0.1, 0.15) is 11.8 Å². The van der Waals surface area contributed by atoms with Crippen LogP contribution in [0.2, 0.25) is 5.02 Å². The van der Waals surface area contributed by atoms with Gasteiger partial charge in [-0.1, -0.05) is 11.6 Å². The number of amides is 1. The van der Waals surface area contributed by atoms with Crippen LogP contribution in [0.15, 0.2) is 36.4 Å². The molecule has 0 bridgehead atoms. The molecule has 10 heteroatoms. The highest BCUT2D eigenvalue weighted by molar-refractivity contribution is 6.32. The molecule has 9 nitrogen and oxygen atoms in total. The molecule has 0 aliphatic rings. The number of halogens is 1. The van der Waals surface area contributed by atoms with Crippen LogP contribution in [0.5, 0.6) is 0 Å². The molecular formula is C17H13ClN4O5. The van der Waals surface area contributed by atoms with Crippen molar-refractivity contribution in [2.75, 3.05) is 24.3 Å². The summed E-state index contributed by atoms with van der Waals surface area (Å²) < 4.78 is 4.87. The van der Waals surface area contributed by atoms with Crippen molar-refractivity contribution in [3.8, 4) is 6.07 Å². The average molecular weight is 389 g/mol. The van der Waals surface area contributed by atoms with Crippen LogP contribution < -0.4 is 10.6 Å². The van der Waals surface area contributed by atoms with E-state index >= 15 is 0 Å². The van der Waals surface area contributed by atoms with Crippen molar-refractivity contribution in [2.45, 2.75) is 0 Å². The molecule has 0 unspecified atom stereocenters. The van der Waals surface area contributed by atoms with Gasteiger partial charge in [0.15, 0.2) is 6.61 Å². The molecule has 2 aromatic carbocycles. The summed E-state index contributed by atoms with van der Waals surface area (Å²) in [6.45, 7) is -0.599. The Kier molecular flexibility index (Phi) is 6.30. The number of nitro groups is 1. The van der Waals surface area contributed by atoms with Crippen LogP contribution in [-0.4, -0.2) is 30.5 Å². The molecular weight excluding hydrogens is 376 g/mol. The standard InChI is InChI=1S/C17H13ClN4O5/c1-20-14-5-3-10(6-15(14)22(25)26)17(24)27-9-16(23)21-12-4-2-11(8-19)13(18)7-12/h2-7,20H,9H2,1H3,(H,21,23). The lowest BCUT2D eigenvalue weighted by atomic mass is 10.1. The molecule has 0 radical (unpaired) electrons. The zero-order valence-electron chi connectivity index (χ0n) is 14.0. The summed E-state index contributed by atoms with van der Waals surface area (Å²) in [6.07, 6.45) is 0. The number of rotatable bonds is 6. The van der Waals surface area contributed by atoms with Crippen LogP contribution in [0.1, 0.15) is 15.9 Å². The Bertz CT molecular complexity index is 955. The SMILES string of the molecule is CNc1ccc(C(=O)OCC(=O)Nc2ccc(C#N)c(Cl)c2)cc1[N+](=O)[O-]. The number of carbonyl (C=O) groups excluding carboxylic acids is 2. The second kappa shape index (κ2) is 8.64. The second-order valence-electron chi connectivity index (χ2n) is 5.17. The fraction of sp³-hybridized carbons (Fsp3) is 0.118. The van der Waals surface area contributed by atoms with Crippen molar-refractivity contribution in [2.24, 2.45) is 0 Å². The molecule has 138 valence electrons. The molecule has 0 spiro atoms. The maximum Gasteiger partial charge on any atom is 0.338 e. The molecule has 0 aromatic heterocycles. The first-order chi connectivity index (χ1) is 12.8. The lowest BCUT2D eigenvalue weighted by Gasteiger charge is -2.08. The number of esters is 1. The van der Waals surface area contributed by atoms with Crippen molar-refractivity contribution >= 4 is 40.5 Å². The molecule has 1 amide bonds. The Labute approximate surface area is 158 Å². The molecule has 0 saturated heterocycles. The summed E-state index contributed by atoms with van der Waals surface area (Å²) in [5.41, 5.74) is 0.479. The van der Waals surface area contributed by atoms with Crippen LogP contribution in [0.4, 0.5) is 17.1 Å². The van der Waals surface area contributed by atoms with Crippen LogP contribution in [0.25, 0.3) is 0 Å². The summed E-state index contributed by atoms with van der Waals surface area (Å²) in [6, 6.07) is 9.97. The molecule has 0 aliphatic carbocycles. The third-order valence-corrected chi connectivity index (χ3v) is 3.72. The van der Waals surface area contributed by atoms with Crippen LogP contribution in [-0.2, 0) is 9.53 Å². The molecule has 0 aliphatic heterocycles. The van der Waals surface area contributed by atoms with Crippen LogP contribution in [0, 0.1) is 21.4 Å². The van der Waals surface area contributed by atoms with Crippen LogP contribution >= 0.6 is 11.6 Å². The maximum absolute atomic E-state index is 12.0. The first kappa shape index (κ1) is 19.7. The van der Waals surface area contributed by atoms with Gasteiger partial charge in [-0.15, -0.1) is 0 Å². The second-order valence-corrected chi connectivity index (χ2v) is 5.58. The molecule has 2 N–H and O–H groups in total. The first-order valence-corrected chi connectivity index (χ1v) is 7.86. The molecule has 27 heavy (non-hydrogen) atoms. The fourth-order valence-electron chi connectivity index (χ4n) is 2.12. The number of carbonyl (C=O) groups is 2. The maximum atomic E-state index is 12.0. The molecule has 0 saturated carbocycles. The van der Waals surface area contributed by atoms with E-state index in [2.05, 4.69) is 10.6 Å². The summed E-state index contributed by atoms with van der Waals surface area (Å²) >= 11 is 5.87. The summed E-state index contributed by atoms with van der Waals surface area (Å²) in [4.78, 5) is 34.3. The van der Waals surface area contributed by atoms with Crippen molar-refractivity contribution in [3.63, 3.8) is 0 Å². The van der Waals surface area contributed by atoms with Crippen LogP contribution in [0.3, 0.4) is 0 Å². The predicted molar refractivity (Wildman–Crippen MR) is 97.7 cm³/mol. The Hall–Kier alpha value is -3.64. The molecule has 0 heterocycles. The van der Waals surface area contributed by atoms with Gasteiger partial charge < -0.3 is 15.4 Å². The van der Waals surface area contributed by atoms with Gasteiger partial charge in [0.25, 0.3) is 11.6 Å². The molecule has 0 fully saturated rings. The van der Waals surface area contributed by atoms with Gasteiger partial charge in [-0.2, -0.15) is 5.26 Å². The molecule has 2 rings (SSSR count). The largest absolute Gasteiger partial charge is 0.452 e. The number of ether oxygens (including phenoxy) is 1. The Morgan fingerprint density at radius 3 is 2.63 bits per heavy atom. The molecule has 2 aromatic rings. The average Bonchev–Trinajstić information content (AvgIpc) is 2.65. The Morgan fingerprint density at radius 2 is 2.04 bits per heavy atom. The van der Waals surface area contributed by atoms with Gasteiger partial charge >= 0.3 is 5.97 Å². The number of hydrogen-bond donors (Lipinski definition) is 2. The summed E-state index contributed by atoms with van der Waals surface area (Å²) in [5, 5.41) is 25.1. The van der Waals surface area contributed by atoms with E-state index < -0.39 is 23.4 Å². The number of nitrogens with zero attached hydrogens (tertiary/aromatic N) is 2. The normalized spacial score (nSPS) is 9.81. The zero-order valence-corrected chi connectivity index (χ0v) is 14.7. The molecule has 0 atom stereocenters. The third-order valence-electron chi connectivity index (χ3n) is 3.41. The minimum absolute atomic E-state index is 0.0603. The van der Waals surface area contributed by atoms with E-state index in [1.54, 1.807) is 0 Å². The summed E-state index contributed by atoms with van der Waals surface area (Å²) in [5.74, 6) is -1.51. The summed E-state index contributed by atoms with van der Waals surface area (Å²) in [7, 11) is 1.51. The fourth-order valence-corrected chi connectivity index (χ4v) is 2.34. The highest BCUT2D eigenvalue weighted by Gasteiger charge is 2.18. The Balaban J connectivity index is 2.00. The number of nitriles is 1. The predicted octanol–water partition coefficient (Wildman–Crippen LogP) is 2.96. The third kappa shape index (κ3) is 4.93. The van der Waals surface area contributed by atoms with Gasteiger partial charge in [-0.25, -0.2) is 4.79 Å². The van der Waals surface area contributed by atoms with E-state index in [0.29, 0.717) is 5.69 Å². The number of nitro benzene ring substituents is 1. The lowest BCUT2D eigenvalue weighted by molar-refractivity contribution is -0.384. The first-order valence-electron chi connectivity index (χ1n) is 7.48. The van der Waals surface area contributed by atoms with Gasteiger partial charge in [0, 0.05) is 18.8 Å².